The molecule has 0 saturated heterocycles. The molecule has 29 heavy (non-hydrogen) atoms. The van der Waals surface area contributed by atoms with Gasteiger partial charge >= 0.3 is 0 Å². The Morgan fingerprint density at radius 2 is 1.69 bits per heavy atom. The quantitative estimate of drug-likeness (QED) is 0.334. The van der Waals surface area contributed by atoms with Crippen molar-refractivity contribution in [3.05, 3.63) is 97.6 Å². The van der Waals surface area contributed by atoms with Crippen LogP contribution in [0.25, 0.3) is 22.2 Å². The Kier molecular flexibility index (Phi) is 6.86. The number of fused-ring (bicyclic) bond motifs is 1. The summed E-state index contributed by atoms with van der Waals surface area (Å²) in [5, 5.41) is 1.25. The molecule has 2 aromatic carbocycles. The summed E-state index contributed by atoms with van der Waals surface area (Å²) in [4.78, 5) is 8.58. The second kappa shape index (κ2) is 9.55. The molecule has 3 heterocycles. The van der Waals surface area contributed by atoms with E-state index in [1.807, 2.05) is 49.5 Å². The largest absolute Gasteiger partial charge is 0.465 e. The van der Waals surface area contributed by atoms with E-state index in [9.17, 15) is 0 Å². The Labute approximate surface area is 185 Å². The van der Waals surface area contributed by atoms with Gasteiger partial charge in [-0.25, -0.2) is 0 Å². The number of aromatic nitrogens is 2. The zero-order valence-electron chi connectivity index (χ0n) is 16.4. The van der Waals surface area contributed by atoms with Crippen molar-refractivity contribution in [2.24, 2.45) is 7.05 Å². The van der Waals surface area contributed by atoms with Gasteiger partial charge in [-0.1, -0.05) is 36.1 Å². The van der Waals surface area contributed by atoms with E-state index in [0.717, 1.165) is 23.6 Å². The van der Waals surface area contributed by atoms with Crippen LogP contribution in [0.4, 0.5) is 5.69 Å². The van der Waals surface area contributed by atoms with Gasteiger partial charge < -0.3 is 19.4 Å². The zero-order valence-corrected chi connectivity index (χ0v) is 18.8. The van der Waals surface area contributed by atoms with Crippen LogP contribution in [0.1, 0.15) is 0 Å². The van der Waals surface area contributed by atoms with E-state index in [2.05, 4.69) is 75.3 Å². The molecule has 4 nitrogen and oxygen atoms in total. The molecule has 1 radical (unpaired) electrons. The van der Waals surface area contributed by atoms with Crippen LogP contribution in [0, 0.1) is 12.3 Å². The van der Waals surface area contributed by atoms with Crippen LogP contribution in [-0.4, -0.2) is 28.2 Å². The van der Waals surface area contributed by atoms with Crippen molar-refractivity contribution in [1.29, 1.82) is 0 Å². The van der Waals surface area contributed by atoms with Crippen LogP contribution in [0.2, 0.25) is 0 Å². The summed E-state index contributed by atoms with van der Waals surface area (Å²) in [6.07, 6.45) is 9.34. The maximum atomic E-state index is 4.22. The Morgan fingerprint density at radius 1 is 0.897 bits per heavy atom. The molecule has 149 valence electrons. The fourth-order valence-corrected chi connectivity index (χ4v) is 3.21. The van der Waals surface area contributed by atoms with Gasteiger partial charge in [0.2, 0.25) is 0 Å². The van der Waals surface area contributed by atoms with E-state index in [4.69, 9.17) is 0 Å². The van der Waals surface area contributed by atoms with Gasteiger partial charge in [0, 0.05) is 45.7 Å². The van der Waals surface area contributed by atoms with E-state index in [1.54, 1.807) is 6.20 Å². The monoisotopic (exact) mass is 559 g/mol. The standard InChI is InChI=1S/C13H14N3.C11H8N.Ir/c1-14-7-8-16(10-14)13-9-15(2)12-6-4-3-5-11(12)13;1-2-6-10(7-3-1)11-8-4-5-9-12-11;/h3-8H,10H2,1-2H3;1-6,8-9H;/q2*-1;. The molecule has 0 aliphatic carbocycles. The molecule has 0 fully saturated rings. The summed E-state index contributed by atoms with van der Waals surface area (Å²) < 4.78 is 2.05. The molecule has 0 N–H and O–H groups in total. The number of anilines is 1. The van der Waals surface area contributed by atoms with Crippen LogP contribution in [0.3, 0.4) is 0 Å². The molecular formula is C24H22IrN4-2. The fraction of sp³-hybridized carbons (Fsp3) is 0.125. The smallest absolute Gasteiger partial charge is 0.0916 e. The van der Waals surface area contributed by atoms with Crippen molar-refractivity contribution >= 4 is 16.6 Å². The van der Waals surface area contributed by atoms with Crippen molar-refractivity contribution < 1.29 is 20.1 Å². The molecule has 0 amide bonds. The second-order valence-corrected chi connectivity index (χ2v) is 6.69. The van der Waals surface area contributed by atoms with Crippen molar-refractivity contribution in [3.8, 4) is 11.3 Å². The topological polar surface area (TPSA) is 24.3 Å². The molecule has 4 aromatic rings. The third kappa shape index (κ3) is 4.76. The van der Waals surface area contributed by atoms with Gasteiger partial charge in [-0.3, -0.25) is 0 Å². The van der Waals surface area contributed by atoms with E-state index in [-0.39, 0.29) is 20.1 Å². The second-order valence-electron chi connectivity index (χ2n) is 6.69. The van der Waals surface area contributed by atoms with Crippen LogP contribution < -0.4 is 4.90 Å². The average molecular weight is 559 g/mol. The number of nitrogens with zero attached hydrogens (tertiary/aromatic N) is 4. The summed E-state index contributed by atoms with van der Waals surface area (Å²) in [6, 6.07) is 25.2. The SMILES string of the molecule is CN1C=CN(c2[c-]n(C)c3ccccc23)C1.[Ir].[c-]1ccccc1-c1ccccn1. The van der Waals surface area contributed by atoms with Gasteiger partial charge in [0.15, 0.2) is 0 Å². The number of para-hydroxylation sites is 1. The van der Waals surface area contributed by atoms with Crippen molar-refractivity contribution in [2.45, 2.75) is 0 Å². The van der Waals surface area contributed by atoms with Crippen LogP contribution >= 0.6 is 0 Å². The number of benzene rings is 2. The first-order valence-corrected chi connectivity index (χ1v) is 9.22. The average Bonchev–Trinajstić information content (AvgIpc) is 3.33. The van der Waals surface area contributed by atoms with Gasteiger partial charge in [-0.15, -0.1) is 58.9 Å². The molecule has 5 heteroatoms. The summed E-state index contributed by atoms with van der Waals surface area (Å²) in [6.45, 7) is 0.893. The first-order valence-electron chi connectivity index (χ1n) is 9.22. The number of pyridine rings is 1. The summed E-state index contributed by atoms with van der Waals surface area (Å²) >= 11 is 0. The number of hydrogen-bond acceptors (Lipinski definition) is 3. The van der Waals surface area contributed by atoms with Gasteiger partial charge in [0.25, 0.3) is 0 Å². The molecule has 1 aliphatic heterocycles. The Hall–Kier alpha value is -2.88. The van der Waals surface area contributed by atoms with Crippen LogP contribution in [0.15, 0.2) is 85.3 Å². The maximum absolute atomic E-state index is 4.22. The number of rotatable bonds is 2. The number of hydrogen-bond donors (Lipinski definition) is 0. The third-order valence-corrected chi connectivity index (χ3v) is 4.61. The van der Waals surface area contributed by atoms with E-state index < -0.39 is 0 Å². The molecule has 5 rings (SSSR count). The van der Waals surface area contributed by atoms with E-state index in [0.29, 0.717) is 0 Å². The van der Waals surface area contributed by atoms with E-state index in [1.165, 1.54) is 10.9 Å². The molecule has 0 bridgehead atoms. The first kappa shape index (κ1) is 20.8. The van der Waals surface area contributed by atoms with Crippen LogP contribution in [0.5, 0.6) is 0 Å². The Bertz CT molecular complexity index is 1040. The van der Waals surface area contributed by atoms with E-state index >= 15 is 0 Å². The summed E-state index contributed by atoms with van der Waals surface area (Å²) in [5.41, 5.74) is 4.38. The van der Waals surface area contributed by atoms with Gasteiger partial charge in [-0.05, 0) is 18.8 Å². The Morgan fingerprint density at radius 3 is 2.38 bits per heavy atom. The van der Waals surface area contributed by atoms with Crippen molar-refractivity contribution in [2.75, 3.05) is 18.6 Å². The third-order valence-electron chi connectivity index (χ3n) is 4.61. The van der Waals surface area contributed by atoms with Crippen molar-refractivity contribution in [3.63, 3.8) is 0 Å². The Balaban J connectivity index is 0.000000167. The minimum atomic E-state index is 0. The molecule has 2 aromatic heterocycles. The minimum absolute atomic E-state index is 0. The van der Waals surface area contributed by atoms with Gasteiger partial charge in [-0.2, -0.15) is 0 Å². The molecule has 0 unspecified atom stereocenters. The molecule has 1 aliphatic rings. The predicted molar refractivity (Wildman–Crippen MR) is 115 cm³/mol. The molecule has 0 spiro atoms. The fourth-order valence-electron chi connectivity index (χ4n) is 3.21. The summed E-state index contributed by atoms with van der Waals surface area (Å²) in [7, 11) is 4.11. The van der Waals surface area contributed by atoms with Crippen LogP contribution in [-0.2, 0) is 27.2 Å². The zero-order chi connectivity index (χ0) is 19.3. The van der Waals surface area contributed by atoms with Crippen molar-refractivity contribution in [1.82, 2.24) is 14.5 Å². The first-order chi connectivity index (χ1) is 13.7. The normalized spacial score (nSPS) is 12.5. The van der Waals surface area contributed by atoms with Gasteiger partial charge in [0.05, 0.1) is 6.67 Å². The molecule has 0 atom stereocenters. The maximum Gasteiger partial charge on any atom is 0.0916 e. The van der Waals surface area contributed by atoms with Gasteiger partial charge in [0.1, 0.15) is 0 Å². The number of aryl methyl sites for hydroxylation is 1. The summed E-state index contributed by atoms with van der Waals surface area (Å²) in [5.74, 6) is 0. The molecule has 0 saturated carbocycles. The molecular weight excluding hydrogens is 537 g/mol. The predicted octanol–water partition coefficient (Wildman–Crippen LogP) is 4.71. The minimum Gasteiger partial charge on any atom is -0.465 e.